The van der Waals surface area contributed by atoms with Crippen molar-refractivity contribution in [2.24, 2.45) is 11.8 Å². The van der Waals surface area contributed by atoms with Gasteiger partial charge in [-0.05, 0) is 122 Å². The zero-order valence-electron chi connectivity index (χ0n) is 47.7. The van der Waals surface area contributed by atoms with Gasteiger partial charge in [-0.1, -0.05) is 130 Å². The number of nitrogens with zero attached hydrogens (tertiary/aromatic N) is 1. The van der Waals surface area contributed by atoms with Gasteiger partial charge in [0.15, 0.2) is 6.29 Å². The van der Waals surface area contributed by atoms with Crippen LogP contribution in [0.3, 0.4) is 0 Å². The van der Waals surface area contributed by atoms with E-state index in [0.717, 1.165) is 96.7 Å². The van der Waals surface area contributed by atoms with E-state index in [1.165, 1.54) is 64.2 Å². The molecule has 1 amide bonds. The Kier molecular flexibility index (Phi) is 46.6. The molecular weight excluding hydrogens is 941 g/mol. The van der Waals surface area contributed by atoms with Gasteiger partial charge in [-0.15, -0.1) is 0 Å². The lowest BCUT2D eigenvalue weighted by atomic mass is 9.92. The summed E-state index contributed by atoms with van der Waals surface area (Å²) in [6, 6.07) is 0. The first-order chi connectivity index (χ1) is 36.1. The normalized spacial score (nSPS) is 13.8. The fourth-order valence-corrected chi connectivity index (χ4v) is 8.78. The van der Waals surface area contributed by atoms with Crippen molar-refractivity contribution in [3.63, 3.8) is 0 Å². The number of esters is 4. The van der Waals surface area contributed by atoms with E-state index in [0.29, 0.717) is 77.2 Å². The number of alkyl carbamates (subject to hydrolysis) is 1. The number of likely N-dealkylation sites (tertiary alicyclic amines) is 1. The summed E-state index contributed by atoms with van der Waals surface area (Å²) in [6.07, 6.45) is 34.6. The number of carbonyl (C=O) groups is 5. The van der Waals surface area contributed by atoms with Gasteiger partial charge >= 0.3 is 30.0 Å². The van der Waals surface area contributed by atoms with Crippen LogP contribution in [0.2, 0.25) is 0 Å². The quantitative estimate of drug-likeness (QED) is 0.0201. The van der Waals surface area contributed by atoms with Crippen LogP contribution in [-0.4, -0.2) is 113 Å². The van der Waals surface area contributed by atoms with Gasteiger partial charge in [0.2, 0.25) is 0 Å². The van der Waals surface area contributed by atoms with Crippen molar-refractivity contribution in [1.82, 2.24) is 10.2 Å². The van der Waals surface area contributed by atoms with E-state index < -0.39 is 42.3 Å². The number of unbranched alkanes of at least 4 members (excludes halogenated alkanes) is 12. The molecule has 1 fully saturated rings. The minimum absolute atomic E-state index is 0.0303. The molecule has 1 N–H and O–H groups in total. The van der Waals surface area contributed by atoms with Gasteiger partial charge in [0.25, 0.3) is 0 Å². The number of hydrogen-bond acceptors (Lipinski definition) is 13. The molecule has 1 aliphatic rings. The average Bonchev–Trinajstić information content (AvgIpc) is 3.92. The van der Waals surface area contributed by atoms with E-state index in [2.05, 4.69) is 69.1 Å². The topological polar surface area (TPSA) is 165 Å². The van der Waals surface area contributed by atoms with Crippen molar-refractivity contribution in [3.05, 3.63) is 24.3 Å². The molecule has 0 saturated carbocycles. The van der Waals surface area contributed by atoms with Gasteiger partial charge in [0.1, 0.15) is 25.9 Å². The Morgan fingerprint density at radius 2 is 0.973 bits per heavy atom. The molecule has 2 unspecified atom stereocenters. The second kappa shape index (κ2) is 50.3. The fourth-order valence-electron chi connectivity index (χ4n) is 8.78. The molecule has 1 saturated heterocycles. The molecule has 1 aliphatic heterocycles. The highest BCUT2D eigenvalue weighted by molar-refractivity contribution is 5.71. The van der Waals surface area contributed by atoms with E-state index in [9.17, 15) is 24.0 Å². The van der Waals surface area contributed by atoms with Crippen LogP contribution in [0, 0.1) is 11.8 Å². The van der Waals surface area contributed by atoms with Crippen LogP contribution in [-0.2, 0) is 52.3 Å². The SMILES string of the molecule is CC/C=C\CCCCOC(CCC(=O)OCC(COC(=O)CCCCCC(=O)OCCC(CCCCC)CCCCC)COC(=O)CCC(CCCCC)OC(=O)NCCN1CCCC1)OCCCC/C=C\CC. The third kappa shape index (κ3) is 42.7. The molecular formula is C60H108N2O12. The lowest BCUT2D eigenvalue weighted by Crippen LogP contribution is -2.35. The fraction of sp³-hybridized carbons (Fsp3) is 0.850. The van der Waals surface area contributed by atoms with Crippen molar-refractivity contribution in [3.8, 4) is 0 Å². The number of ether oxygens (including phenoxy) is 7. The highest BCUT2D eigenvalue weighted by atomic mass is 16.7. The lowest BCUT2D eigenvalue weighted by molar-refractivity contribution is -0.162. The summed E-state index contributed by atoms with van der Waals surface area (Å²) < 4.78 is 40.6. The summed E-state index contributed by atoms with van der Waals surface area (Å²) >= 11 is 0. The molecule has 0 radical (unpaired) electrons. The predicted molar refractivity (Wildman–Crippen MR) is 296 cm³/mol. The number of nitrogens with one attached hydrogen (secondary N) is 1. The number of allylic oxidation sites excluding steroid dienone is 4. The van der Waals surface area contributed by atoms with Crippen LogP contribution in [0.5, 0.6) is 0 Å². The first-order valence-corrected chi connectivity index (χ1v) is 30.0. The molecule has 430 valence electrons. The minimum Gasteiger partial charge on any atom is -0.466 e. The first-order valence-electron chi connectivity index (χ1n) is 30.0. The molecule has 14 nitrogen and oxygen atoms in total. The summed E-state index contributed by atoms with van der Waals surface area (Å²) in [6.45, 7) is 15.3. The molecule has 0 aromatic carbocycles. The second-order valence-corrected chi connectivity index (χ2v) is 20.3. The zero-order chi connectivity index (χ0) is 54.0. The van der Waals surface area contributed by atoms with Crippen molar-refractivity contribution >= 4 is 30.0 Å². The number of amides is 1. The van der Waals surface area contributed by atoms with Crippen LogP contribution in [0.1, 0.15) is 240 Å². The number of rotatable bonds is 51. The van der Waals surface area contributed by atoms with E-state index in [-0.39, 0.29) is 45.1 Å². The van der Waals surface area contributed by atoms with Gasteiger partial charge in [-0.2, -0.15) is 0 Å². The smallest absolute Gasteiger partial charge is 0.407 e. The number of carbonyl (C=O) groups excluding carboxylic acids is 5. The van der Waals surface area contributed by atoms with Gasteiger partial charge in [-0.3, -0.25) is 19.2 Å². The highest BCUT2D eigenvalue weighted by Gasteiger charge is 2.22. The van der Waals surface area contributed by atoms with Gasteiger partial charge in [0, 0.05) is 52.0 Å². The number of hydrogen-bond donors (Lipinski definition) is 1. The lowest BCUT2D eigenvalue weighted by Gasteiger charge is -2.20. The summed E-state index contributed by atoms with van der Waals surface area (Å²) in [7, 11) is 0. The van der Waals surface area contributed by atoms with E-state index in [1.54, 1.807) is 0 Å². The standard InChI is InChI=1S/C60H108N2O12/c1-6-11-16-18-20-30-46-69-59(70-47-31-21-19-17-12-7-2)40-39-58(66)73-51-53(50-72-57(65)38-37-54(34-25-15-10-5)74-60(67)61-42-45-62-43-28-29-44-62)49-71-56(64)36-27-22-26-35-55(63)68-48-41-52(32-23-13-8-3)33-24-14-9-4/h11-12,16-17,52-54,59H,6-10,13-15,18-51H2,1-5H3,(H,61,67)/b16-11-,17-12-. The molecule has 1 heterocycles. The Bertz CT molecular complexity index is 1400. The van der Waals surface area contributed by atoms with E-state index in [4.69, 9.17) is 33.2 Å². The summed E-state index contributed by atoms with van der Waals surface area (Å²) in [5, 5.41) is 2.86. The molecule has 74 heavy (non-hydrogen) atoms. The Labute approximate surface area is 450 Å². The molecule has 0 spiro atoms. The predicted octanol–water partition coefficient (Wildman–Crippen LogP) is 13.9. The zero-order valence-corrected chi connectivity index (χ0v) is 47.7. The Balaban J connectivity index is 2.78. The summed E-state index contributed by atoms with van der Waals surface area (Å²) in [5.41, 5.74) is 0. The van der Waals surface area contributed by atoms with Gasteiger partial charge in [0.05, 0.1) is 18.9 Å². The molecule has 2 atom stereocenters. The van der Waals surface area contributed by atoms with Crippen LogP contribution in [0.25, 0.3) is 0 Å². The molecule has 0 aliphatic carbocycles. The minimum atomic E-state index is -0.607. The molecule has 1 rings (SSSR count). The van der Waals surface area contributed by atoms with Gasteiger partial charge in [-0.25, -0.2) is 4.79 Å². The largest absolute Gasteiger partial charge is 0.466 e. The summed E-state index contributed by atoms with van der Waals surface area (Å²) in [4.78, 5) is 66.8. The second-order valence-electron chi connectivity index (χ2n) is 20.3. The first kappa shape index (κ1) is 68.5. The van der Waals surface area contributed by atoms with Crippen molar-refractivity contribution in [1.29, 1.82) is 0 Å². The molecule has 0 aromatic heterocycles. The van der Waals surface area contributed by atoms with Crippen LogP contribution in [0.15, 0.2) is 24.3 Å². The molecule has 14 heteroatoms. The maximum atomic E-state index is 13.2. The van der Waals surface area contributed by atoms with Crippen LogP contribution in [0.4, 0.5) is 4.79 Å². The van der Waals surface area contributed by atoms with Crippen molar-refractivity contribution < 1.29 is 57.1 Å². The monoisotopic (exact) mass is 1050 g/mol. The van der Waals surface area contributed by atoms with Crippen molar-refractivity contribution in [2.75, 3.05) is 65.8 Å². The molecule has 0 aromatic rings. The van der Waals surface area contributed by atoms with Crippen LogP contribution < -0.4 is 5.32 Å². The van der Waals surface area contributed by atoms with E-state index >= 15 is 0 Å². The Morgan fingerprint density at radius 3 is 1.50 bits per heavy atom. The third-order valence-corrected chi connectivity index (χ3v) is 13.4. The maximum absolute atomic E-state index is 13.2. The maximum Gasteiger partial charge on any atom is 0.407 e. The van der Waals surface area contributed by atoms with Gasteiger partial charge < -0.3 is 43.4 Å². The molecule has 0 bridgehead atoms. The Hall–Kier alpha value is -3.49. The average molecular weight is 1050 g/mol. The third-order valence-electron chi connectivity index (χ3n) is 13.4. The van der Waals surface area contributed by atoms with E-state index in [1.807, 2.05) is 0 Å². The highest BCUT2D eigenvalue weighted by Crippen LogP contribution is 2.22. The van der Waals surface area contributed by atoms with Crippen molar-refractivity contribution in [2.45, 2.75) is 252 Å². The van der Waals surface area contributed by atoms with Crippen LogP contribution >= 0.6 is 0 Å². The Morgan fingerprint density at radius 1 is 0.473 bits per heavy atom. The summed E-state index contributed by atoms with van der Waals surface area (Å²) in [5.74, 6) is -1.55.